The molecule has 5 heteroatoms. The Labute approximate surface area is 146 Å². The van der Waals surface area contributed by atoms with Crippen molar-refractivity contribution in [3.8, 4) is 11.5 Å². The van der Waals surface area contributed by atoms with E-state index in [-0.39, 0.29) is 9.79 Å². The van der Waals surface area contributed by atoms with Crippen LogP contribution in [0, 0.1) is 0 Å². The number of para-hydroxylation sites is 1. The van der Waals surface area contributed by atoms with E-state index in [2.05, 4.69) is 0 Å². The molecule has 3 rings (SSSR count). The van der Waals surface area contributed by atoms with Gasteiger partial charge in [0.15, 0.2) is 0 Å². The van der Waals surface area contributed by atoms with E-state index in [0.717, 1.165) is 5.56 Å². The topological polar surface area (TPSA) is 43.4 Å². The fourth-order valence-electron chi connectivity index (χ4n) is 2.26. The molecule has 0 radical (unpaired) electrons. The first-order valence-electron chi connectivity index (χ1n) is 7.33. The van der Waals surface area contributed by atoms with Crippen LogP contribution in [0.3, 0.4) is 0 Å². The van der Waals surface area contributed by atoms with Gasteiger partial charge in [-0.15, -0.1) is 11.6 Å². The molecule has 3 aromatic carbocycles. The molecule has 0 aromatic heterocycles. The lowest BCUT2D eigenvalue weighted by Gasteiger charge is -2.10. The average Bonchev–Trinajstić information content (AvgIpc) is 2.63. The Hall–Kier alpha value is -2.30. The molecular weight excluding hydrogens is 344 g/mol. The van der Waals surface area contributed by atoms with Gasteiger partial charge in [0.25, 0.3) is 0 Å². The molecule has 0 spiro atoms. The summed E-state index contributed by atoms with van der Waals surface area (Å²) in [5.41, 5.74) is 0.875. The fourth-order valence-corrected chi connectivity index (χ4v) is 3.77. The molecule has 0 unspecified atom stereocenters. The van der Waals surface area contributed by atoms with Gasteiger partial charge in [-0.3, -0.25) is 0 Å². The van der Waals surface area contributed by atoms with Crippen LogP contribution in [0.25, 0.3) is 0 Å². The van der Waals surface area contributed by atoms with Crippen LogP contribution in [0.2, 0.25) is 0 Å². The highest BCUT2D eigenvalue weighted by Gasteiger charge is 2.17. The van der Waals surface area contributed by atoms with Crippen molar-refractivity contribution in [1.82, 2.24) is 0 Å². The van der Waals surface area contributed by atoms with Gasteiger partial charge >= 0.3 is 0 Å². The molecule has 3 aromatic rings. The number of ether oxygens (including phenoxy) is 1. The Bertz CT molecular complexity index is 920. The zero-order valence-electron chi connectivity index (χ0n) is 12.7. The van der Waals surface area contributed by atoms with Gasteiger partial charge in [-0.2, -0.15) is 0 Å². The van der Waals surface area contributed by atoms with Crippen molar-refractivity contribution in [2.45, 2.75) is 15.7 Å². The van der Waals surface area contributed by atoms with E-state index in [1.54, 1.807) is 54.6 Å². The second kappa shape index (κ2) is 7.07. The van der Waals surface area contributed by atoms with Gasteiger partial charge in [0.2, 0.25) is 9.84 Å². The summed E-state index contributed by atoms with van der Waals surface area (Å²) in [6.45, 7) is 0. The van der Waals surface area contributed by atoms with Crippen LogP contribution in [0.1, 0.15) is 5.56 Å². The van der Waals surface area contributed by atoms with Crippen LogP contribution in [0.5, 0.6) is 11.5 Å². The van der Waals surface area contributed by atoms with Crippen LogP contribution in [-0.4, -0.2) is 8.42 Å². The van der Waals surface area contributed by atoms with Crippen LogP contribution in [0.4, 0.5) is 0 Å². The number of alkyl halides is 1. The molecule has 24 heavy (non-hydrogen) atoms. The molecular formula is C19H15ClO3S. The second-order valence-electron chi connectivity index (χ2n) is 5.13. The highest BCUT2D eigenvalue weighted by atomic mass is 35.5. The first-order valence-corrected chi connectivity index (χ1v) is 9.35. The number of halogens is 1. The number of hydrogen-bond donors (Lipinski definition) is 0. The Morgan fingerprint density at radius 2 is 1.33 bits per heavy atom. The molecule has 0 amide bonds. The molecule has 0 aliphatic carbocycles. The fraction of sp³-hybridized carbons (Fsp3) is 0.0526. The van der Waals surface area contributed by atoms with Crippen molar-refractivity contribution in [3.05, 3.63) is 84.4 Å². The van der Waals surface area contributed by atoms with E-state index in [1.807, 2.05) is 24.3 Å². The third-order valence-electron chi connectivity index (χ3n) is 3.53. The zero-order chi connectivity index (χ0) is 17.0. The van der Waals surface area contributed by atoms with Gasteiger partial charge in [0, 0.05) is 5.56 Å². The van der Waals surface area contributed by atoms with E-state index in [0.29, 0.717) is 17.4 Å². The number of rotatable bonds is 5. The highest BCUT2D eigenvalue weighted by Crippen LogP contribution is 2.28. The van der Waals surface area contributed by atoms with Gasteiger partial charge in [-0.1, -0.05) is 36.4 Å². The summed E-state index contributed by atoms with van der Waals surface area (Å²) in [5.74, 6) is 1.56. The maximum absolute atomic E-state index is 12.5. The van der Waals surface area contributed by atoms with Gasteiger partial charge in [-0.25, -0.2) is 8.42 Å². The van der Waals surface area contributed by atoms with Crippen molar-refractivity contribution in [3.63, 3.8) is 0 Å². The maximum atomic E-state index is 12.5. The number of hydrogen-bond acceptors (Lipinski definition) is 3. The summed E-state index contributed by atoms with van der Waals surface area (Å²) >= 11 is 5.89. The van der Waals surface area contributed by atoms with Crippen molar-refractivity contribution in [2.24, 2.45) is 0 Å². The summed E-state index contributed by atoms with van der Waals surface area (Å²) in [6, 6.07) is 22.2. The molecule has 0 aliphatic rings. The minimum absolute atomic E-state index is 0.228. The number of benzene rings is 3. The third kappa shape index (κ3) is 3.45. The summed E-state index contributed by atoms with van der Waals surface area (Å²) in [7, 11) is -3.52. The lowest BCUT2D eigenvalue weighted by atomic mass is 10.2. The van der Waals surface area contributed by atoms with Crippen molar-refractivity contribution < 1.29 is 13.2 Å². The molecule has 0 saturated carbocycles. The standard InChI is InChI=1S/C19H15ClO3S/c20-14-15-6-4-5-9-19(15)23-16-10-12-18(13-11-16)24(21,22)17-7-2-1-3-8-17/h1-13H,14H2. The van der Waals surface area contributed by atoms with E-state index < -0.39 is 9.84 Å². The quantitative estimate of drug-likeness (QED) is 0.599. The predicted molar refractivity (Wildman–Crippen MR) is 94.4 cm³/mol. The molecule has 0 bridgehead atoms. The van der Waals surface area contributed by atoms with Crippen LogP contribution >= 0.6 is 11.6 Å². The molecule has 0 fully saturated rings. The van der Waals surface area contributed by atoms with Gasteiger partial charge in [0.05, 0.1) is 15.7 Å². The van der Waals surface area contributed by atoms with Crippen molar-refractivity contribution in [1.29, 1.82) is 0 Å². The molecule has 0 aliphatic heterocycles. The Balaban J connectivity index is 1.86. The van der Waals surface area contributed by atoms with Crippen molar-refractivity contribution in [2.75, 3.05) is 0 Å². The smallest absolute Gasteiger partial charge is 0.206 e. The Kier molecular flexibility index (Phi) is 4.88. The van der Waals surface area contributed by atoms with Crippen LogP contribution in [-0.2, 0) is 15.7 Å². The molecule has 3 nitrogen and oxygen atoms in total. The SMILES string of the molecule is O=S(=O)(c1ccccc1)c1ccc(Oc2ccccc2CCl)cc1. The molecule has 122 valence electrons. The summed E-state index contributed by atoms with van der Waals surface area (Å²) in [4.78, 5) is 0.498. The van der Waals surface area contributed by atoms with E-state index in [1.165, 1.54) is 0 Å². The molecule has 0 N–H and O–H groups in total. The Morgan fingerprint density at radius 1 is 0.750 bits per heavy atom. The minimum atomic E-state index is -3.52. The summed E-state index contributed by atoms with van der Waals surface area (Å²) < 4.78 is 30.9. The Morgan fingerprint density at radius 3 is 2.00 bits per heavy atom. The largest absolute Gasteiger partial charge is 0.457 e. The van der Waals surface area contributed by atoms with Gasteiger partial charge < -0.3 is 4.74 Å². The minimum Gasteiger partial charge on any atom is -0.457 e. The highest BCUT2D eigenvalue weighted by molar-refractivity contribution is 7.91. The summed E-state index contributed by atoms with van der Waals surface area (Å²) in [5, 5.41) is 0. The monoisotopic (exact) mass is 358 g/mol. The first-order chi connectivity index (χ1) is 11.6. The van der Waals surface area contributed by atoms with E-state index >= 15 is 0 Å². The summed E-state index contributed by atoms with van der Waals surface area (Å²) in [6.07, 6.45) is 0. The van der Waals surface area contributed by atoms with E-state index in [9.17, 15) is 8.42 Å². The van der Waals surface area contributed by atoms with Gasteiger partial charge in [0.1, 0.15) is 11.5 Å². The second-order valence-corrected chi connectivity index (χ2v) is 7.35. The average molecular weight is 359 g/mol. The molecule has 0 atom stereocenters. The third-order valence-corrected chi connectivity index (χ3v) is 5.61. The van der Waals surface area contributed by atoms with Crippen LogP contribution < -0.4 is 4.74 Å². The maximum Gasteiger partial charge on any atom is 0.206 e. The van der Waals surface area contributed by atoms with Crippen LogP contribution in [0.15, 0.2) is 88.7 Å². The first kappa shape index (κ1) is 16.6. The normalized spacial score (nSPS) is 11.2. The lowest BCUT2D eigenvalue weighted by molar-refractivity contribution is 0.478. The predicted octanol–water partition coefficient (Wildman–Crippen LogP) is 5.05. The number of sulfone groups is 1. The molecule has 0 saturated heterocycles. The zero-order valence-corrected chi connectivity index (χ0v) is 14.3. The lowest BCUT2D eigenvalue weighted by Crippen LogP contribution is -2.01. The van der Waals surface area contributed by atoms with Gasteiger partial charge in [-0.05, 0) is 42.5 Å². The van der Waals surface area contributed by atoms with Crippen molar-refractivity contribution >= 4 is 21.4 Å². The molecule has 0 heterocycles. The van der Waals surface area contributed by atoms with E-state index in [4.69, 9.17) is 16.3 Å².